The molecule has 5 heteroatoms. The first-order valence-corrected chi connectivity index (χ1v) is 7.69. The van der Waals surface area contributed by atoms with Gasteiger partial charge in [-0.25, -0.2) is 0 Å². The molecule has 0 aliphatic carbocycles. The molecule has 5 nitrogen and oxygen atoms in total. The average molecular weight is 279 g/mol. The van der Waals surface area contributed by atoms with Crippen LogP contribution in [0.2, 0.25) is 0 Å². The van der Waals surface area contributed by atoms with E-state index in [1.165, 1.54) is 24.1 Å². The van der Waals surface area contributed by atoms with Crippen LogP contribution in [0.1, 0.15) is 42.9 Å². The molecule has 3 rings (SSSR count). The molecule has 0 bridgehead atoms. The van der Waals surface area contributed by atoms with Gasteiger partial charge >= 0.3 is 0 Å². The largest absolute Gasteiger partial charge is 0.388 e. The summed E-state index contributed by atoms with van der Waals surface area (Å²) in [7, 11) is 0. The molecule has 0 saturated carbocycles. The smallest absolute Gasteiger partial charge is 0.0817 e. The zero-order chi connectivity index (χ0) is 14.0. The van der Waals surface area contributed by atoms with Gasteiger partial charge < -0.3 is 9.84 Å². The highest BCUT2D eigenvalue weighted by atomic mass is 16.5. The Balaban J connectivity index is 1.62. The third-order valence-electron chi connectivity index (χ3n) is 4.72. The molecule has 2 aliphatic heterocycles. The number of β-amino-alcohol motifs (C(OH)–C–C–N with tert-alkyl or cyclic N) is 1. The number of nitrogens with zero attached hydrogens (tertiary/aromatic N) is 2. The molecule has 0 aromatic carbocycles. The zero-order valence-electron chi connectivity index (χ0n) is 12.3. The standard InChI is InChI=1S/C15H25N3O2/c1-12-9-16-17-14(12)13-3-2-6-18(10-13)11-15(19)4-7-20-8-5-15/h9,13,19H,2-8,10-11H2,1H3,(H,16,17)/t13-/m1/s1. The van der Waals surface area contributed by atoms with Gasteiger partial charge in [-0.3, -0.25) is 10.00 Å². The van der Waals surface area contributed by atoms with Crippen LogP contribution < -0.4 is 0 Å². The minimum atomic E-state index is -0.552. The van der Waals surface area contributed by atoms with Crippen molar-refractivity contribution in [3.8, 4) is 0 Å². The lowest BCUT2D eigenvalue weighted by Gasteiger charge is -2.40. The number of piperidine rings is 1. The molecule has 20 heavy (non-hydrogen) atoms. The highest BCUT2D eigenvalue weighted by Gasteiger charge is 2.34. The van der Waals surface area contributed by atoms with Crippen LogP contribution in [0.5, 0.6) is 0 Å². The maximum atomic E-state index is 10.7. The summed E-state index contributed by atoms with van der Waals surface area (Å²) in [5.41, 5.74) is 1.97. The Hall–Kier alpha value is -0.910. The monoisotopic (exact) mass is 279 g/mol. The lowest BCUT2D eigenvalue weighted by molar-refractivity contribution is -0.0824. The van der Waals surface area contributed by atoms with Gasteiger partial charge in [-0.15, -0.1) is 0 Å². The highest BCUT2D eigenvalue weighted by molar-refractivity contribution is 5.19. The molecule has 1 aromatic heterocycles. The number of aryl methyl sites for hydroxylation is 1. The fraction of sp³-hybridized carbons (Fsp3) is 0.800. The topological polar surface area (TPSA) is 61.4 Å². The van der Waals surface area contributed by atoms with Crippen molar-refractivity contribution >= 4 is 0 Å². The van der Waals surface area contributed by atoms with Gasteiger partial charge in [0.05, 0.1) is 11.8 Å². The van der Waals surface area contributed by atoms with Gasteiger partial charge in [0.15, 0.2) is 0 Å². The van der Waals surface area contributed by atoms with E-state index < -0.39 is 5.60 Å². The van der Waals surface area contributed by atoms with E-state index in [1.54, 1.807) is 0 Å². The Bertz CT molecular complexity index is 440. The lowest BCUT2D eigenvalue weighted by Crippen LogP contribution is -2.49. The molecular weight excluding hydrogens is 254 g/mol. The van der Waals surface area contributed by atoms with E-state index in [9.17, 15) is 5.11 Å². The zero-order valence-corrected chi connectivity index (χ0v) is 12.3. The number of hydrogen-bond acceptors (Lipinski definition) is 4. The fourth-order valence-corrected chi connectivity index (χ4v) is 3.53. The highest BCUT2D eigenvalue weighted by Crippen LogP contribution is 2.30. The SMILES string of the molecule is Cc1cn[nH]c1[C@@H]1CCCN(CC2(O)CCOCC2)C1. The molecule has 0 amide bonds. The number of nitrogens with one attached hydrogen (secondary N) is 1. The van der Waals surface area contributed by atoms with Crippen LogP contribution in [0.3, 0.4) is 0 Å². The van der Waals surface area contributed by atoms with Gasteiger partial charge in [-0.1, -0.05) is 0 Å². The van der Waals surface area contributed by atoms with Crippen LogP contribution in [0.15, 0.2) is 6.20 Å². The molecular formula is C15H25N3O2. The fourth-order valence-electron chi connectivity index (χ4n) is 3.53. The van der Waals surface area contributed by atoms with E-state index in [4.69, 9.17) is 4.74 Å². The van der Waals surface area contributed by atoms with Gasteiger partial charge in [0.1, 0.15) is 0 Å². The first-order valence-electron chi connectivity index (χ1n) is 7.69. The minimum absolute atomic E-state index is 0.523. The summed E-state index contributed by atoms with van der Waals surface area (Å²) in [5.74, 6) is 0.523. The molecule has 2 saturated heterocycles. The predicted molar refractivity (Wildman–Crippen MR) is 76.7 cm³/mol. The van der Waals surface area contributed by atoms with Crippen molar-refractivity contribution in [2.75, 3.05) is 32.8 Å². The first-order chi connectivity index (χ1) is 9.66. The number of ether oxygens (including phenoxy) is 1. The molecule has 1 aromatic rings. The van der Waals surface area contributed by atoms with Crippen LogP contribution in [0.4, 0.5) is 0 Å². The molecule has 0 unspecified atom stereocenters. The van der Waals surface area contributed by atoms with Gasteiger partial charge in [0.2, 0.25) is 0 Å². The van der Waals surface area contributed by atoms with Crippen LogP contribution in [0.25, 0.3) is 0 Å². The normalized spacial score (nSPS) is 27.6. The van der Waals surface area contributed by atoms with Crippen molar-refractivity contribution in [1.29, 1.82) is 0 Å². The Kier molecular flexibility index (Phi) is 4.10. The number of aliphatic hydroxyl groups is 1. The van der Waals surface area contributed by atoms with Gasteiger partial charge in [-0.2, -0.15) is 5.10 Å². The van der Waals surface area contributed by atoms with Crippen molar-refractivity contribution in [2.45, 2.75) is 44.1 Å². The average Bonchev–Trinajstić information content (AvgIpc) is 2.85. The van der Waals surface area contributed by atoms with Crippen molar-refractivity contribution in [1.82, 2.24) is 15.1 Å². The number of aromatic nitrogens is 2. The molecule has 0 spiro atoms. The third-order valence-corrected chi connectivity index (χ3v) is 4.72. The molecule has 3 heterocycles. The van der Waals surface area contributed by atoms with Crippen LogP contribution in [-0.4, -0.2) is 58.7 Å². The van der Waals surface area contributed by atoms with Gasteiger partial charge in [-0.05, 0) is 31.9 Å². The number of rotatable bonds is 3. The van der Waals surface area contributed by atoms with Crippen LogP contribution in [0, 0.1) is 6.92 Å². The molecule has 112 valence electrons. The van der Waals surface area contributed by atoms with E-state index in [0.29, 0.717) is 19.1 Å². The van der Waals surface area contributed by atoms with Crippen molar-refractivity contribution in [2.24, 2.45) is 0 Å². The van der Waals surface area contributed by atoms with E-state index in [1.807, 2.05) is 6.20 Å². The van der Waals surface area contributed by atoms with E-state index in [2.05, 4.69) is 22.0 Å². The maximum Gasteiger partial charge on any atom is 0.0817 e. The number of aromatic amines is 1. The number of H-pyrrole nitrogens is 1. The van der Waals surface area contributed by atoms with Gasteiger partial charge in [0, 0.05) is 50.8 Å². The summed E-state index contributed by atoms with van der Waals surface area (Å²) >= 11 is 0. The van der Waals surface area contributed by atoms with Crippen molar-refractivity contribution < 1.29 is 9.84 Å². The Morgan fingerprint density at radius 1 is 1.50 bits per heavy atom. The molecule has 1 atom stereocenters. The predicted octanol–water partition coefficient (Wildman–Crippen LogP) is 1.44. The van der Waals surface area contributed by atoms with Crippen LogP contribution in [-0.2, 0) is 4.74 Å². The maximum absolute atomic E-state index is 10.7. The Labute approximate surface area is 120 Å². The number of likely N-dealkylation sites (tertiary alicyclic amines) is 1. The second kappa shape index (κ2) is 5.84. The van der Waals surface area contributed by atoms with E-state index in [-0.39, 0.29) is 0 Å². The Morgan fingerprint density at radius 3 is 3.00 bits per heavy atom. The quantitative estimate of drug-likeness (QED) is 0.879. The summed E-state index contributed by atoms with van der Waals surface area (Å²) in [6.07, 6.45) is 5.82. The van der Waals surface area contributed by atoms with Crippen molar-refractivity contribution in [3.63, 3.8) is 0 Å². The van der Waals surface area contributed by atoms with E-state index in [0.717, 1.165) is 32.5 Å². The summed E-state index contributed by atoms with van der Waals surface area (Å²) in [6, 6.07) is 0. The first kappa shape index (κ1) is 14.0. The number of hydrogen-bond donors (Lipinski definition) is 2. The molecule has 2 fully saturated rings. The summed E-state index contributed by atoms with van der Waals surface area (Å²) in [6.45, 7) is 6.38. The second-order valence-electron chi connectivity index (χ2n) is 6.38. The van der Waals surface area contributed by atoms with Crippen molar-refractivity contribution in [3.05, 3.63) is 17.5 Å². The Morgan fingerprint density at radius 2 is 2.30 bits per heavy atom. The molecule has 2 N–H and O–H groups in total. The minimum Gasteiger partial charge on any atom is -0.388 e. The van der Waals surface area contributed by atoms with Crippen LogP contribution >= 0.6 is 0 Å². The third kappa shape index (κ3) is 3.05. The summed E-state index contributed by atoms with van der Waals surface area (Å²) in [5, 5.41) is 17.9. The molecule has 0 radical (unpaired) electrons. The van der Waals surface area contributed by atoms with Gasteiger partial charge in [0.25, 0.3) is 0 Å². The van der Waals surface area contributed by atoms with E-state index >= 15 is 0 Å². The lowest BCUT2D eigenvalue weighted by atomic mass is 9.89. The molecule has 2 aliphatic rings. The summed E-state index contributed by atoms with van der Waals surface area (Å²) in [4.78, 5) is 2.42. The summed E-state index contributed by atoms with van der Waals surface area (Å²) < 4.78 is 5.36. The second-order valence-corrected chi connectivity index (χ2v) is 6.38.